The number of aliphatic hydroxyl groups excluding tert-OH is 1. The van der Waals surface area contributed by atoms with Crippen LogP contribution in [0.25, 0.3) is 0 Å². The molecular formula is C21H28N2O7. The lowest BCUT2D eigenvalue weighted by Gasteiger charge is -2.14. The zero-order valence-electron chi connectivity index (χ0n) is 16.9. The van der Waals surface area contributed by atoms with E-state index in [4.69, 9.17) is 24.7 Å². The van der Waals surface area contributed by atoms with Crippen LogP contribution >= 0.6 is 0 Å². The van der Waals surface area contributed by atoms with Crippen molar-refractivity contribution in [2.75, 3.05) is 46.6 Å². The molecule has 0 saturated heterocycles. The van der Waals surface area contributed by atoms with Gasteiger partial charge in [-0.15, -0.1) is 0 Å². The van der Waals surface area contributed by atoms with Crippen LogP contribution in [0.15, 0.2) is 42.5 Å². The van der Waals surface area contributed by atoms with Crippen molar-refractivity contribution in [2.24, 2.45) is 5.73 Å². The zero-order chi connectivity index (χ0) is 21.8. The molecule has 9 nitrogen and oxygen atoms in total. The van der Waals surface area contributed by atoms with Crippen molar-refractivity contribution >= 4 is 5.91 Å². The fourth-order valence-corrected chi connectivity index (χ4v) is 2.46. The van der Waals surface area contributed by atoms with Crippen molar-refractivity contribution in [3.63, 3.8) is 0 Å². The minimum absolute atomic E-state index is 0.0642. The van der Waals surface area contributed by atoms with Gasteiger partial charge < -0.3 is 40.2 Å². The lowest BCUT2D eigenvalue weighted by atomic mass is 10.2. The van der Waals surface area contributed by atoms with Gasteiger partial charge in [0, 0.05) is 20.2 Å². The van der Waals surface area contributed by atoms with Gasteiger partial charge in [0.1, 0.15) is 48.9 Å². The molecule has 164 valence electrons. The Hall–Kier alpha value is -3.01. The summed E-state index contributed by atoms with van der Waals surface area (Å²) in [5.41, 5.74) is 5.38. The average Bonchev–Trinajstić information content (AvgIpc) is 2.74. The second-order valence-electron chi connectivity index (χ2n) is 6.37. The van der Waals surface area contributed by atoms with Gasteiger partial charge >= 0.3 is 0 Å². The third-order valence-electron chi connectivity index (χ3n) is 3.97. The van der Waals surface area contributed by atoms with Crippen LogP contribution in [0.1, 0.15) is 10.4 Å². The second-order valence-corrected chi connectivity index (χ2v) is 6.37. The molecule has 0 radical (unpaired) electrons. The van der Waals surface area contributed by atoms with E-state index >= 15 is 0 Å². The molecule has 0 aliphatic carbocycles. The molecule has 0 spiro atoms. The van der Waals surface area contributed by atoms with Crippen LogP contribution in [0.2, 0.25) is 0 Å². The van der Waals surface area contributed by atoms with Gasteiger partial charge in [-0.25, -0.2) is 0 Å². The molecule has 0 heterocycles. The minimum atomic E-state index is -0.711. The van der Waals surface area contributed by atoms with Gasteiger partial charge in [-0.1, -0.05) is 0 Å². The van der Waals surface area contributed by atoms with Crippen molar-refractivity contribution in [3.05, 3.63) is 48.0 Å². The first-order valence-corrected chi connectivity index (χ1v) is 9.48. The Morgan fingerprint density at radius 3 is 2.40 bits per heavy atom. The molecule has 0 aliphatic heterocycles. The summed E-state index contributed by atoms with van der Waals surface area (Å²) in [6, 6.07) is 11.3. The number of phenolic OH excluding ortho intramolecular Hbond substituents is 1. The number of hydrogen-bond donors (Lipinski definition) is 4. The second kappa shape index (κ2) is 12.5. The fraction of sp³-hybridized carbons (Fsp3) is 0.381. The summed E-state index contributed by atoms with van der Waals surface area (Å²) in [5, 5.41) is 22.5. The van der Waals surface area contributed by atoms with Gasteiger partial charge in [-0.05, 0) is 42.5 Å². The summed E-state index contributed by atoms with van der Waals surface area (Å²) >= 11 is 0. The van der Waals surface area contributed by atoms with Crippen molar-refractivity contribution in [1.82, 2.24) is 5.32 Å². The monoisotopic (exact) mass is 420 g/mol. The van der Waals surface area contributed by atoms with E-state index in [0.29, 0.717) is 37.8 Å². The summed E-state index contributed by atoms with van der Waals surface area (Å²) in [4.78, 5) is 11.4. The molecule has 2 aromatic carbocycles. The smallest absolute Gasteiger partial charge is 0.252 e. The minimum Gasteiger partial charge on any atom is -0.508 e. The predicted molar refractivity (Wildman–Crippen MR) is 110 cm³/mol. The van der Waals surface area contributed by atoms with Crippen molar-refractivity contribution < 1.29 is 34.0 Å². The SMILES string of the molecule is COCCOc1ccc(OCC(O)CNCCOc2ccc(O)cc2C(N)=O)cc1. The van der Waals surface area contributed by atoms with Crippen LogP contribution in [0, 0.1) is 0 Å². The topological polar surface area (TPSA) is 132 Å². The molecule has 0 saturated carbocycles. The van der Waals surface area contributed by atoms with E-state index in [1.165, 1.54) is 18.2 Å². The highest BCUT2D eigenvalue weighted by atomic mass is 16.5. The molecule has 30 heavy (non-hydrogen) atoms. The molecular weight excluding hydrogens is 392 g/mol. The first-order chi connectivity index (χ1) is 14.5. The first kappa shape index (κ1) is 23.3. The highest BCUT2D eigenvalue weighted by molar-refractivity contribution is 5.96. The molecule has 1 atom stereocenters. The average molecular weight is 420 g/mol. The number of hydrogen-bond acceptors (Lipinski definition) is 8. The first-order valence-electron chi connectivity index (χ1n) is 9.48. The molecule has 1 amide bonds. The summed E-state index contributed by atoms with van der Waals surface area (Å²) in [7, 11) is 1.61. The number of aromatic hydroxyl groups is 1. The van der Waals surface area contributed by atoms with Crippen LogP contribution in [0.4, 0.5) is 0 Å². The van der Waals surface area contributed by atoms with E-state index < -0.39 is 12.0 Å². The lowest BCUT2D eigenvalue weighted by molar-refractivity contribution is 0.0995. The quantitative estimate of drug-likeness (QED) is 0.332. The van der Waals surface area contributed by atoms with Gasteiger partial charge in [0.05, 0.1) is 12.2 Å². The summed E-state index contributed by atoms with van der Waals surface area (Å²) in [5.74, 6) is 0.889. The molecule has 0 aliphatic rings. The lowest BCUT2D eigenvalue weighted by Crippen LogP contribution is -2.33. The number of amides is 1. The Morgan fingerprint density at radius 1 is 1.03 bits per heavy atom. The number of rotatable bonds is 14. The third kappa shape index (κ3) is 8.16. The maximum Gasteiger partial charge on any atom is 0.252 e. The van der Waals surface area contributed by atoms with Gasteiger partial charge in [-0.2, -0.15) is 0 Å². The van der Waals surface area contributed by atoms with Crippen LogP contribution in [-0.2, 0) is 4.74 Å². The van der Waals surface area contributed by atoms with Crippen LogP contribution < -0.4 is 25.3 Å². The normalized spacial score (nSPS) is 11.7. The summed E-state index contributed by atoms with van der Waals surface area (Å²) < 4.78 is 21.4. The highest BCUT2D eigenvalue weighted by Gasteiger charge is 2.11. The largest absolute Gasteiger partial charge is 0.508 e. The molecule has 1 unspecified atom stereocenters. The number of methoxy groups -OCH3 is 1. The molecule has 9 heteroatoms. The number of nitrogens with one attached hydrogen (secondary N) is 1. The van der Waals surface area contributed by atoms with Crippen LogP contribution in [0.3, 0.4) is 0 Å². The van der Waals surface area contributed by atoms with Crippen molar-refractivity contribution in [3.8, 4) is 23.0 Å². The number of carbonyl (C=O) groups is 1. The van der Waals surface area contributed by atoms with Gasteiger partial charge in [0.25, 0.3) is 5.91 Å². The number of benzene rings is 2. The summed E-state index contributed by atoms with van der Waals surface area (Å²) in [6.45, 7) is 2.11. The fourth-order valence-electron chi connectivity index (χ4n) is 2.46. The molecule has 0 aromatic heterocycles. The van der Waals surface area contributed by atoms with Crippen LogP contribution in [0.5, 0.6) is 23.0 Å². The Balaban J connectivity index is 1.62. The standard InChI is InChI=1S/C21H28N2O7/c1-27-10-11-28-17-3-5-18(6-4-17)30-14-16(25)13-23-8-9-29-20-7-2-15(24)12-19(20)21(22)26/h2-7,12,16,23-25H,8-11,13-14H2,1H3,(H2,22,26). The number of nitrogens with two attached hydrogens (primary N) is 1. The number of carbonyl (C=O) groups excluding carboxylic acids is 1. The molecule has 2 rings (SSSR count). The maximum absolute atomic E-state index is 11.4. The van der Waals surface area contributed by atoms with E-state index in [9.17, 15) is 15.0 Å². The number of ether oxygens (including phenoxy) is 4. The Labute approximate surface area is 175 Å². The molecule has 5 N–H and O–H groups in total. The predicted octanol–water partition coefficient (Wildman–Crippen LogP) is 0.925. The van der Waals surface area contributed by atoms with Gasteiger partial charge in [-0.3, -0.25) is 4.79 Å². The molecule has 2 aromatic rings. The Morgan fingerprint density at radius 2 is 1.73 bits per heavy atom. The highest BCUT2D eigenvalue weighted by Crippen LogP contribution is 2.23. The van der Waals surface area contributed by atoms with Crippen LogP contribution in [-0.4, -0.2) is 68.9 Å². The van der Waals surface area contributed by atoms with Crippen molar-refractivity contribution in [1.29, 1.82) is 0 Å². The number of phenols is 1. The number of primary amides is 1. The Kier molecular flexibility index (Phi) is 9.72. The van der Waals surface area contributed by atoms with Crippen molar-refractivity contribution in [2.45, 2.75) is 6.10 Å². The zero-order valence-corrected chi connectivity index (χ0v) is 16.9. The van der Waals surface area contributed by atoms with Gasteiger partial charge in [0.2, 0.25) is 0 Å². The maximum atomic E-state index is 11.4. The van der Waals surface area contributed by atoms with E-state index in [-0.39, 0.29) is 24.5 Å². The molecule has 0 fully saturated rings. The van der Waals surface area contributed by atoms with Gasteiger partial charge in [0.15, 0.2) is 0 Å². The third-order valence-corrected chi connectivity index (χ3v) is 3.97. The number of aliphatic hydroxyl groups is 1. The van der Waals surface area contributed by atoms with E-state index in [1.54, 1.807) is 31.4 Å². The van der Waals surface area contributed by atoms with E-state index in [2.05, 4.69) is 5.32 Å². The van der Waals surface area contributed by atoms with E-state index in [0.717, 1.165) is 5.75 Å². The molecule has 0 bridgehead atoms. The summed E-state index contributed by atoms with van der Waals surface area (Å²) in [6.07, 6.45) is -0.711. The Bertz CT molecular complexity index is 783. The van der Waals surface area contributed by atoms with E-state index in [1.807, 2.05) is 0 Å².